The number of hydrogen-bond acceptors (Lipinski definition) is 7. The second-order valence-electron chi connectivity index (χ2n) is 7.87. The van der Waals surface area contributed by atoms with Crippen molar-refractivity contribution >= 4 is 22.8 Å². The fraction of sp³-hybridized carbons (Fsp3) is 0.375. The molecule has 1 atom stereocenters. The van der Waals surface area contributed by atoms with Crippen LogP contribution in [0.5, 0.6) is 5.75 Å². The van der Waals surface area contributed by atoms with Crippen LogP contribution in [0.2, 0.25) is 0 Å². The molecule has 2 heterocycles. The molecule has 1 fully saturated rings. The van der Waals surface area contributed by atoms with E-state index in [1.165, 1.54) is 0 Å². The first kappa shape index (κ1) is 23.8. The zero-order chi connectivity index (χ0) is 24.1. The van der Waals surface area contributed by atoms with Crippen LogP contribution in [0.1, 0.15) is 28.9 Å². The highest BCUT2D eigenvalue weighted by atomic mass is 19.1. The number of rotatable bonds is 8. The molecule has 180 valence electrons. The van der Waals surface area contributed by atoms with E-state index in [0.717, 1.165) is 18.2 Å². The van der Waals surface area contributed by atoms with Crippen LogP contribution in [0.3, 0.4) is 0 Å². The number of nitrogens with zero attached hydrogens (tertiary/aromatic N) is 3. The quantitative estimate of drug-likeness (QED) is 0.504. The number of amides is 1. The van der Waals surface area contributed by atoms with E-state index < -0.39 is 17.7 Å². The maximum atomic E-state index is 13.7. The standard InChI is InChI=1S/C24H26F2N4O4/c1-15(34-19-12-17(25)11-18(26)13-19)20-9-16(24(31)27-3-6-32-2)10-21-23(20)29-22(14-28-21)30-4-7-33-8-5-30/h9-15H,3-8H2,1-2H3,(H,27,31). The summed E-state index contributed by atoms with van der Waals surface area (Å²) in [5.41, 5.74) is 1.99. The van der Waals surface area contributed by atoms with Gasteiger partial charge in [0.05, 0.1) is 37.1 Å². The third-order valence-corrected chi connectivity index (χ3v) is 5.44. The molecule has 1 amide bonds. The molecule has 3 aromatic rings. The number of aromatic nitrogens is 2. The van der Waals surface area contributed by atoms with E-state index in [4.69, 9.17) is 19.2 Å². The van der Waals surface area contributed by atoms with Gasteiger partial charge in [-0.05, 0) is 19.1 Å². The van der Waals surface area contributed by atoms with Crippen molar-refractivity contribution in [2.24, 2.45) is 0 Å². The molecular formula is C24H26F2N4O4. The van der Waals surface area contributed by atoms with Crippen LogP contribution in [0.15, 0.2) is 36.5 Å². The number of hydrogen-bond donors (Lipinski definition) is 1. The first-order chi connectivity index (χ1) is 16.4. The molecule has 1 unspecified atom stereocenters. The number of fused-ring (bicyclic) bond motifs is 1. The van der Waals surface area contributed by atoms with Crippen molar-refractivity contribution in [2.45, 2.75) is 13.0 Å². The van der Waals surface area contributed by atoms with Gasteiger partial charge in [0, 0.05) is 56.1 Å². The number of benzene rings is 2. The molecule has 0 spiro atoms. The van der Waals surface area contributed by atoms with Crippen LogP contribution in [-0.2, 0) is 9.47 Å². The predicted octanol–water partition coefficient (Wildman–Crippen LogP) is 3.26. The number of ether oxygens (including phenoxy) is 3. The number of carbonyl (C=O) groups is 1. The van der Waals surface area contributed by atoms with Gasteiger partial charge < -0.3 is 24.4 Å². The second kappa shape index (κ2) is 10.7. The molecule has 1 saturated heterocycles. The monoisotopic (exact) mass is 472 g/mol. The van der Waals surface area contributed by atoms with Gasteiger partial charge in [-0.3, -0.25) is 9.78 Å². The minimum absolute atomic E-state index is 0.0328. The summed E-state index contributed by atoms with van der Waals surface area (Å²) in [5, 5.41) is 2.78. The van der Waals surface area contributed by atoms with E-state index in [9.17, 15) is 13.6 Å². The number of carbonyl (C=O) groups excluding carboxylic acids is 1. The molecule has 1 aliphatic rings. The number of halogens is 2. The lowest BCUT2D eigenvalue weighted by Crippen LogP contribution is -2.36. The van der Waals surface area contributed by atoms with Gasteiger partial charge in [0.2, 0.25) is 0 Å². The highest BCUT2D eigenvalue weighted by molar-refractivity contribution is 5.98. The lowest BCUT2D eigenvalue weighted by Gasteiger charge is -2.28. The summed E-state index contributed by atoms with van der Waals surface area (Å²) in [6.45, 7) is 5.01. The Labute approximate surface area is 195 Å². The van der Waals surface area contributed by atoms with Crippen molar-refractivity contribution in [1.82, 2.24) is 15.3 Å². The SMILES string of the molecule is COCCNC(=O)c1cc(C(C)Oc2cc(F)cc(F)c2)c2nc(N3CCOCC3)cnc2c1. The van der Waals surface area contributed by atoms with Crippen molar-refractivity contribution in [3.63, 3.8) is 0 Å². The molecular weight excluding hydrogens is 446 g/mol. The predicted molar refractivity (Wildman–Crippen MR) is 122 cm³/mol. The molecule has 10 heteroatoms. The molecule has 4 rings (SSSR count). The van der Waals surface area contributed by atoms with Gasteiger partial charge in [-0.15, -0.1) is 0 Å². The van der Waals surface area contributed by atoms with E-state index in [0.29, 0.717) is 67.4 Å². The Kier molecular flexibility index (Phi) is 7.49. The number of nitrogens with one attached hydrogen (secondary N) is 1. The van der Waals surface area contributed by atoms with Gasteiger partial charge in [0.1, 0.15) is 29.3 Å². The lowest BCUT2D eigenvalue weighted by molar-refractivity contribution is 0.0937. The van der Waals surface area contributed by atoms with Gasteiger partial charge in [0.25, 0.3) is 5.91 Å². The van der Waals surface area contributed by atoms with Crippen LogP contribution in [0, 0.1) is 11.6 Å². The molecule has 0 bridgehead atoms. The fourth-order valence-electron chi connectivity index (χ4n) is 3.75. The van der Waals surface area contributed by atoms with E-state index in [1.54, 1.807) is 32.4 Å². The third-order valence-electron chi connectivity index (χ3n) is 5.44. The van der Waals surface area contributed by atoms with Gasteiger partial charge in [-0.1, -0.05) is 0 Å². The summed E-state index contributed by atoms with van der Waals surface area (Å²) in [7, 11) is 1.55. The van der Waals surface area contributed by atoms with Crippen molar-refractivity contribution in [3.05, 3.63) is 59.3 Å². The Hall–Kier alpha value is -3.37. The molecule has 0 radical (unpaired) electrons. The topological polar surface area (TPSA) is 85.8 Å². The molecule has 1 N–H and O–H groups in total. The van der Waals surface area contributed by atoms with E-state index >= 15 is 0 Å². The van der Waals surface area contributed by atoms with E-state index in [2.05, 4.69) is 15.2 Å². The minimum Gasteiger partial charge on any atom is -0.486 e. The average Bonchev–Trinajstić information content (AvgIpc) is 2.83. The van der Waals surface area contributed by atoms with Gasteiger partial charge in [-0.25, -0.2) is 13.8 Å². The molecule has 34 heavy (non-hydrogen) atoms. The van der Waals surface area contributed by atoms with Crippen LogP contribution >= 0.6 is 0 Å². The van der Waals surface area contributed by atoms with Gasteiger partial charge >= 0.3 is 0 Å². The minimum atomic E-state index is -0.743. The summed E-state index contributed by atoms with van der Waals surface area (Å²) in [5.74, 6) is -1.08. The molecule has 1 aromatic heterocycles. The zero-order valence-corrected chi connectivity index (χ0v) is 19.0. The number of anilines is 1. The van der Waals surface area contributed by atoms with Crippen molar-refractivity contribution in [1.29, 1.82) is 0 Å². The van der Waals surface area contributed by atoms with Crippen molar-refractivity contribution in [3.8, 4) is 5.75 Å². The Balaban J connectivity index is 1.73. The maximum absolute atomic E-state index is 13.7. The average molecular weight is 472 g/mol. The molecule has 1 aliphatic heterocycles. The summed E-state index contributed by atoms with van der Waals surface area (Å²) in [4.78, 5) is 24.1. The Morgan fingerprint density at radius 3 is 2.62 bits per heavy atom. The fourth-order valence-corrected chi connectivity index (χ4v) is 3.75. The van der Waals surface area contributed by atoms with Crippen LogP contribution in [0.4, 0.5) is 14.6 Å². The third kappa shape index (κ3) is 5.57. The maximum Gasteiger partial charge on any atom is 0.251 e. The van der Waals surface area contributed by atoms with Gasteiger partial charge in [-0.2, -0.15) is 0 Å². The highest BCUT2D eigenvalue weighted by Gasteiger charge is 2.20. The van der Waals surface area contributed by atoms with E-state index in [-0.39, 0.29) is 11.7 Å². The van der Waals surface area contributed by atoms with Crippen LogP contribution in [-0.4, -0.2) is 62.4 Å². The Morgan fingerprint density at radius 1 is 1.18 bits per heavy atom. The van der Waals surface area contributed by atoms with Gasteiger partial charge in [0.15, 0.2) is 0 Å². The molecule has 0 aliphatic carbocycles. The first-order valence-electron chi connectivity index (χ1n) is 11.0. The normalized spacial score (nSPS) is 14.8. The van der Waals surface area contributed by atoms with E-state index in [1.807, 2.05) is 0 Å². The van der Waals surface area contributed by atoms with Crippen molar-refractivity contribution in [2.75, 3.05) is 51.5 Å². The summed E-state index contributed by atoms with van der Waals surface area (Å²) >= 11 is 0. The molecule has 0 saturated carbocycles. The molecule has 2 aromatic carbocycles. The summed E-state index contributed by atoms with van der Waals surface area (Å²) in [6, 6.07) is 6.31. The Morgan fingerprint density at radius 2 is 1.91 bits per heavy atom. The molecule has 8 nitrogen and oxygen atoms in total. The highest BCUT2D eigenvalue weighted by Crippen LogP contribution is 2.30. The summed E-state index contributed by atoms with van der Waals surface area (Å²) in [6.07, 6.45) is 0.988. The number of morpholine rings is 1. The zero-order valence-electron chi connectivity index (χ0n) is 19.0. The largest absolute Gasteiger partial charge is 0.486 e. The smallest absolute Gasteiger partial charge is 0.251 e. The second-order valence-corrected chi connectivity index (χ2v) is 7.87. The van der Waals surface area contributed by atoms with Crippen LogP contribution in [0.25, 0.3) is 11.0 Å². The van der Waals surface area contributed by atoms with Crippen LogP contribution < -0.4 is 15.0 Å². The number of methoxy groups -OCH3 is 1. The lowest BCUT2D eigenvalue weighted by atomic mass is 10.0. The summed E-state index contributed by atoms with van der Waals surface area (Å²) < 4.78 is 43.6. The Bertz CT molecular complexity index is 1150. The first-order valence-corrected chi connectivity index (χ1v) is 11.0. The van der Waals surface area contributed by atoms with Crippen molar-refractivity contribution < 1.29 is 27.8 Å².